The molecule has 0 saturated carbocycles. The fraction of sp³-hybridized carbons (Fsp3) is 0.176. The van der Waals surface area contributed by atoms with Crippen LogP contribution < -0.4 is 11.3 Å². The molecular weight excluding hydrogens is 279 g/mol. The molecule has 0 aliphatic heterocycles. The van der Waals surface area contributed by atoms with E-state index in [-0.39, 0.29) is 11.7 Å². The van der Waals surface area contributed by atoms with E-state index in [0.29, 0.717) is 11.3 Å². The minimum absolute atomic E-state index is 0.237. The molecule has 3 aromatic rings. The Morgan fingerprint density at radius 1 is 1.05 bits per heavy atom. The Hall–Kier alpha value is -2.53. The lowest BCUT2D eigenvalue weighted by Gasteiger charge is -2.12. The predicted molar refractivity (Wildman–Crippen MR) is 86.8 cm³/mol. The first-order valence-electron chi connectivity index (χ1n) is 7.13. The number of hydrazine groups is 1. The van der Waals surface area contributed by atoms with Gasteiger partial charge >= 0.3 is 0 Å². The van der Waals surface area contributed by atoms with Gasteiger partial charge in [0.05, 0.1) is 5.69 Å². The standard InChI is InChI=1S/C17H17FN4/c1-10(2)15-9-16(21-17(20-15)22-19)13-7-8-14(18)12-6-4-3-5-11(12)13/h3-10H,19H2,1-2H3,(H,20,21,22). The van der Waals surface area contributed by atoms with Crippen LogP contribution >= 0.6 is 0 Å². The maximum absolute atomic E-state index is 14.0. The summed E-state index contributed by atoms with van der Waals surface area (Å²) >= 11 is 0. The monoisotopic (exact) mass is 296 g/mol. The van der Waals surface area contributed by atoms with Gasteiger partial charge in [-0.05, 0) is 29.5 Å². The van der Waals surface area contributed by atoms with Crippen molar-refractivity contribution in [2.75, 3.05) is 5.43 Å². The SMILES string of the molecule is CC(C)c1cc(-c2ccc(F)c3ccccc23)nc(NN)n1. The molecule has 0 atom stereocenters. The molecule has 22 heavy (non-hydrogen) atoms. The number of nitrogen functional groups attached to an aromatic ring is 1. The number of nitrogens with two attached hydrogens (primary N) is 1. The van der Waals surface area contributed by atoms with Crippen molar-refractivity contribution >= 4 is 16.7 Å². The Bertz CT molecular complexity index is 830. The van der Waals surface area contributed by atoms with Crippen LogP contribution in [0.2, 0.25) is 0 Å². The lowest BCUT2D eigenvalue weighted by atomic mass is 10.00. The Morgan fingerprint density at radius 3 is 2.45 bits per heavy atom. The van der Waals surface area contributed by atoms with Gasteiger partial charge in [-0.15, -0.1) is 0 Å². The van der Waals surface area contributed by atoms with Gasteiger partial charge in [0.25, 0.3) is 0 Å². The summed E-state index contributed by atoms with van der Waals surface area (Å²) in [6.45, 7) is 4.10. The summed E-state index contributed by atoms with van der Waals surface area (Å²) in [6.07, 6.45) is 0. The normalized spacial score (nSPS) is 11.1. The molecule has 3 rings (SSSR count). The quantitative estimate of drug-likeness (QED) is 0.569. The number of benzene rings is 2. The third-order valence-corrected chi connectivity index (χ3v) is 3.61. The highest BCUT2D eigenvalue weighted by Crippen LogP contribution is 2.30. The van der Waals surface area contributed by atoms with E-state index in [4.69, 9.17) is 5.84 Å². The third-order valence-electron chi connectivity index (χ3n) is 3.61. The molecule has 0 aliphatic rings. The van der Waals surface area contributed by atoms with Crippen molar-refractivity contribution in [2.24, 2.45) is 5.84 Å². The van der Waals surface area contributed by atoms with Gasteiger partial charge in [-0.2, -0.15) is 0 Å². The number of rotatable bonds is 3. The van der Waals surface area contributed by atoms with Gasteiger partial charge in [-0.1, -0.05) is 38.1 Å². The van der Waals surface area contributed by atoms with Crippen molar-refractivity contribution < 1.29 is 4.39 Å². The van der Waals surface area contributed by atoms with Crippen molar-refractivity contribution in [1.82, 2.24) is 9.97 Å². The van der Waals surface area contributed by atoms with E-state index in [1.54, 1.807) is 12.1 Å². The molecule has 3 N–H and O–H groups in total. The third kappa shape index (κ3) is 2.51. The van der Waals surface area contributed by atoms with Crippen LogP contribution in [0.15, 0.2) is 42.5 Å². The molecule has 0 spiro atoms. The van der Waals surface area contributed by atoms with Gasteiger partial charge in [0.1, 0.15) is 5.82 Å². The van der Waals surface area contributed by atoms with Crippen molar-refractivity contribution in [3.63, 3.8) is 0 Å². The first kappa shape index (κ1) is 14.4. The summed E-state index contributed by atoms with van der Waals surface area (Å²) in [7, 11) is 0. The fourth-order valence-corrected chi connectivity index (χ4v) is 2.45. The van der Waals surface area contributed by atoms with Crippen LogP contribution in [0.3, 0.4) is 0 Å². The van der Waals surface area contributed by atoms with E-state index >= 15 is 0 Å². The molecule has 0 bridgehead atoms. The molecule has 0 unspecified atom stereocenters. The van der Waals surface area contributed by atoms with Crippen molar-refractivity contribution in [3.05, 3.63) is 54.0 Å². The molecule has 0 saturated heterocycles. The topological polar surface area (TPSA) is 63.8 Å². The molecule has 0 radical (unpaired) electrons. The maximum atomic E-state index is 14.0. The van der Waals surface area contributed by atoms with Crippen LogP contribution in [0.5, 0.6) is 0 Å². The summed E-state index contributed by atoms with van der Waals surface area (Å²) in [5.74, 6) is 5.82. The number of halogens is 1. The Labute approximate surface area is 128 Å². The first-order chi connectivity index (χ1) is 10.6. The van der Waals surface area contributed by atoms with Gasteiger partial charge in [-0.25, -0.2) is 20.2 Å². The molecule has 1 heterocycles. The number of fused-ring (bicyclic) bond motifs is 1. The lowest BCUT2D eigenvalue weighted by molar-refractivity contribution is 0.640. The number of nitrogens with zero attached hydrogens (tertiary/aromatic N) is 2. The maximum Gasteiger partial charge on any atom is 0.237 e. The zero-order valence-corrected chi connectivity index (χ0v) is 12.5. The summed E-state index contributed by atoms with van der Waals surface area (Å²) in [6, 6.07) is 12.5. The van der Waals surface area contributed by atoms with E-state index < -0.39 is 0 Å². The van der Waals surface area contributed by atoms with Crippen LogP contribution in [-0.2, 0) is 0 Å². The molecular formula is C17H17FN4. The second-order valence-electron chi connectivity index (χ2n) is 5.44. The van der Waals surface area contributed by atoms with Gasteiger partial charge < -0.3 is 0 Å². The molecule has 5 heteroatoms. The second kappa shape index (κ2) is 5.69. The minimum Gasteiger partial charge on any atom is -0.292 e. The minimum atomic E-state index is -0.241. The fourth-order valence-electron chi connectivity index (χ4n) is 2.45. The number of hydrogen-bond donors (Lipinski definition) is 2. The number of aromatic nitrogens is 2. The second-order valence-corrected chi connectivity index (χ2v) is 5.44. The molecule has 2 aromatic carbocycles. The predicted octanol–water partition coefficient (Wildman–Crippen LogP) is 3.84. The van der Waals surface area contributed by atoms with Crippen LogP contribution in [0.25, 0.3) is 22.0 Å². The Morgan fingerprint density at radius 2 is 1.77 bits per heavy atom. The van der Waals surface area contributed by atoms with Gasteiger partial charge in [0.2, 0.25) is 5.95 Å². The summed E-state index contributed by atoms with van der Waals surface area (Å²) in [5.41, 5.74) is 4.96. The summed E-state index contributed by atoms with van der Waals surface area (Å²) in [5, 5.41) is 1.39. The largest absolute Gasteiger partial charge is 0.292 e. The first-order valence-corrected chi connectivity index (χ1v) is 7.13. The van der Waals surface area contributed by atoms with Crippen LogP contribution in [0.4, 0.5) is 10.3 Å². The zero-order chi connectivity index (χ0) is 15.7. The van der Waals surface area contributed by atoms with Crippen molar-refractivity contribution in [3.8, 4) is 11.3 Å². The van der Waals surface area contributed by atoms with Crippen molar-refractivity contribution in [2.45, 2.75) is 19.8 Å². The van der Waals surface area contributed by atoms with E-state index in [1.165, 1.54) is 6.07 Å². The highest BCUT2D eigenvalue weighted by molar-refractivity contribution is 5.96. The average molecular weight is 296 g/mol. The van der Waals surface area contributed by atoms with Crippen LogP contribution in [0.1, 0.15) is 25.5 Å². The van der Waals surface area contributed by atoms with Gasteiger partial charge in [0, 0.05) is 16.6 Å². The zero-order valence-electron chi connectivity index (χ0n) is 12.5. The number of anilines is 1. The van der Waals surface area contributed by atoms with Crippen LogP contribution in [0, 0.1) is 5.82 Å². The molecule has 4 nitrogen and oxygen atoms in total. The van der Waals surface area contributed by atoms with E-state index in [2.05, 4.69) is 29.2 Å². The highest BCUT2D eigenvalue weighted by Gasteiger charge is 2.12. The highest BCUT2D eigenvalue weighted by atomic mass is 19.1. The lowest BCUT2D eigenvalue weighted by Crippen LogP contribution is -2.12. The Kier molecular flexibility index (Phi) is 3.73. The summed E-state index contributed by atoms with van der Waals surface area (Å²) < 4.78 is 14.0. The van der Waals surface area contributed by atoms with Crippen molar-refractivity contribution in [1.29, 1.82) is 0 Å². The molecule has 1 aromatic heterocycles. The molecule has 0 amide bonds. The number of hydrogen-bond acceptors (Lipinski definition) is 4. The average Bonchev–Trinajstić information content (AvgIpc) is 2.55. The number of nitrogens with one attached hydrogen (secondary N) is 1. The summed E-state index contributed by atoms with van der Waals surface area (Å²) in [4.78, 5) is 8.77. The molecule has 0 aliphatic carbocycles. The van der Waals surface area contributed by atoms with Gasteiger partial charge in [-0.3, -0.25) is 5.43 Å². The van der Waals surface area contributed by atoms with Gasteiger partial charge in [0.15, 0.2) is 0 Å². The van der Waals surface area contributed by atoms with Crippen LogP contribution in [-0.4, -0.2) is 9.97 Å². The van der Waals surface area contributed by atoms with E-state index in [0.717, 1.165) is 22.3 Å². The smallest absolute Gasteiger partial charge is 0.237 e. The van der Waals surface area contributed by atoms with E-state index in [9.17, 15) is 4.39 Å². The Balaban J connectivity index is 2.28. The molecule has 0 fully saturated rings. The molecule has 112 valence electrons. The van der Waals surface area contributed by atoms with E-state index in [1.807, 2.05) is 24.3 Å².